The maximum Gasteiger partial charge on any atom is 0.251 e. The lowest BCUT2D eigenvalue weighted by atomic mass is 10.3. The average Bonchev–Trinajstić information content (AvgIpc) is 2.44. The Hall–Kier alpha value is -1.97. The topological polar surface area (TPSA) is 38.3 Å². The van der Waals surface area contributed by atoms with E-state index in [-0.39, 0.29) is 5.91 Å². The highest BCUT2D eigenvalue weighted by Crippen LogP contribution is 2.24. The molecule has 0 aliphatic rings. The summed E-state index contributed by atoms with van der Waals surface area (Å²) < 4.78 is 5.27. The zero-order valence-electron chi connectivity index (χ0n) is 10.3. The van der Waals surface area contributed by atoms with Gasteiger partial charge in [0.1, 0.15) is 5.75 Å². The molecule has 0 unspecified atom stereocenters. The van der Waals surface area contributed by atoms with E-state index < -0.39 is 0 Å². The quantitative estimate of drug-likeness (QED) is 0.666. The number of ether oxygens (including phenoxy) is 1. The number of rotatable bonds is 4. The third kappa shape index (κ3) is 4.30. The van der Waals surface area contributed by atoms with Gasteiger partial charge in [-0.2, -0.15) is 0 Å². The minimum atomic E-state index is -0.320. The number of hydrogen-bond donors (Lipinski definition) is 1. The van der Waals surface area contributed by atoms with Gasteiger partial charge in [0.25, 0.3) is 5.91 Å². The molecule has 0 fully saturated rings. The van der Waals surface area contributed by atoms with Gasteiger partial charge in [-0.05, 0) is 30.3 Å². The van der Waals surface area contributed by atoms with E-state index in [2.05, 4.69) is 5.32 Å². The number of benzene rings is 2. The van der Waals surface area contributed by atoms with Gasteiger partial charge in [0, 0.05) is 11.8 Å². The first-order valence-corrected chi connectivity index (χ1v) is 6.55. The van der Waals surface area contributed by atoms with Crippen LogP contribution in [-0.4, -0.2) is 5.91 Å². The molecule has 0 aliphatic heterocycles. The van der Waals surface area contributed by atoms with Crippen molar-refractivity contribution in [1.29, 1.82) is 0 Å². The van der Waals surface area contributed by atoms with E-state index in [0.717, 1.165) is 0 Å². The summed E-state index contributed by atoms with van der Waals surface area (Å²) in [5.74, 6) is 0.338. The van der Waals surface area contributed by atoms with Gasteiger partial charge in [0.05, 0.1) is 16.3 Å². The Morgan fingerprint density at radius 2 is 1.80 bits per heavy atom. The van der Waals surface area contributed by atoms with Crippen LogP contribution in [0.1, 0.15) is 0 Å². The van der Waals surface area contributed by atoms with Gasteiger partial charge in [0.2, 0.25) is 0 Å². The molecule has 0 aromatic heterocycles. The second kappa shape index (κ2) is 6.98. The van der Waals surface area contributed by atoms with Crippen molar-refractivity contribution in [3.05, 3.63) is 70.9 Å². The van der Waals surface area contributed by atoms with E-state index in [0.29, 0.717) is 21.5 Å². The molecule has 0 saturated carbocycles. The molecule has 1 N–H and O–H groups in total. The van der Waals surface area contributed by atoms with Gasteiger partial charge in [-0.15, -0.1) is 0 Å². The van der Waals surface area contributed by atoms with Crippen LogP contribution in [0.3, 0.4) is 0 Å². The molecular weight excluding hydrogens is 297 g/mol. The average molecular weight is 308 g/mol. The van der Waals surface area contributed by atoms with Gasteiger partial charge in [-0.25, -0.2) is 0 Å². The second-order valence-corrected chi connectivity index (χ2v) is 4.67. The lowest BCUT2D eigenvalue weighted by Crippen LogP contribution is -2.08. The van der Waals surface area contributed by atoms with E-state index in [4.69, 9.17) is 27.9 Å². The molecule has 0 bridgehead atoms. The zero-order valence-corrected chi connectivity index (χ0v) is 11.9. The molecule has 20 heavy (non-hydrogen) atoms. The summed E-state index contributed by atoms with van der Waals surface area (Å²) in [4.78, 5) is 11.6. The van der Waals surface area contributed by atoms with Crippen molar-refractivity contribution in [1.82, 2.24) is 0 Å². The Morgan fingerprint density at radius 1 is 1.05 bits per heavy atom. The Balaban J connectivity index is 1.90. The minimum absolute atomic E-state index is 0.320. The van der Waals surface area contributed by atoms with Crippen molar-refractivity contribution in [3.63, 3.8) is 0 Å². The van der Waals surface area contributed by atoms with E-state index in [9.17, 15) is 4.79 Å². The summed E-state index contributed by atoms with van der Waals surface area (Å²) in [6.45, 7) is 0. The number of carbonyl (C=O) groups is 1. The van der Waals surface area contributed by atoms with Crippen LogP contribution in [0.15, 0.2) is 60.9 Å². The maximum absolute atomic E-state index is 11.6. The number of hydrogen-bond acceptors (Lipinski definition) is 2. The van der Waals surface area contributed by atoms with Crippen molar-refractivity contribution in [2.75, 3.05) is 5.32 Å². The van der Waals surface area contributed by atoms with Crippen molar-refractivity contribution in [3.8, 4) is 5.75 Å². The molecule has 0 aliphatic carbocycles. The smallest absolute Gasteiger partial charge is 0.251 e. The molecule has 0 saturated heterocycles. The van der Waals surface area contributed by atoms with Crippen LogP contribution in [0.2, 0.25) is 10.0 Å². The predicted molar refractivity (Wildman–Crippen MR) is 81.3 cm³/mol. The lowest BCUT2D eigenvalue weighted by Gasteiger charge is -2.03. The molecule has 0 radical (unpaired) electrons. The van der Waals surface area contributed by atoms with Crippen molar-refractivity contribution in [2.24, 2.45) is 0 Å². The Kier molecular flexibility index (Phi) is 5.04. The third-order valence-corrected chi connectivity index (χ3v) is 3.09. The minimum Gasteiger partial charge on any atom is -0.465 e. The molecule has 0 heterocycles. The molecule has 0 spiro atoms. The summed E-state index contributed by atoms with van der Waals surface area (Å²) in [6.07, 6.45) is 2.61. The maximum atomic E-state index is 11.6. The standard InChI is InChI=1S/C15H11Cl2NO2/c16-13-7-6-11(10-14(13)17)18-15(19)8-9-20-12-4-2-1-3-5-12/h1-10H,(H,18,19). The number of amides is 1. The molecule has 2 rings (SSSR count). The Labute approximate surface area is 126 Å². The molecule has 1 amide bonds. The van der Waals surface area contributed by atoms with Crippen molar-refractivity contribution < 1.29 is 9.53 Å². The van der Waals surface area contributed by atoms with Gasteiger partial charge in [-0.3, -0.25) is 4.79 Å². The Morgan fingerprint density at radius 3 is 2.50 bits per heavy atom. The monoisotopic (exact) mass is 307 g/mol. The third-order valence-electron chi connectivity index (χ3n) is 2.35. The van der Waals surface area contributed by atoms with Gasteiger partial charge in [0.15, 0.2) is 0 Å². The second-order valence-electron chi connectivity index (χ2n) is 3.85. The summed E-state index contributed by atoms with van der Waals surface area (Å²) >= 11 is 11.6. The van der Waals surface area contributed by atoms with Gasteiger partial charge in [-0.1, -0.05) is 41.4 Å². The highest BCUT2D eigenvalue weighted by atomic mass is 35.5. The normalized spacial score (nSPS) is 10.5. The molecular formula is C15H11Cl2NO2. The first kappa shape index (κ1) is 14.4. The molecule has 3 nitrogen and oxygen atoms in total. The number of anilines is 1. The molecule has 102 valence electrons. The van der Waals surface area contributed by atoms with Gasteiger partial charge < -0.3 is 10.1 Å². The van der Waals surface area contributed by atoms with Gasteiger partial charge >= 0.3 is 0 Å². The molecule has 5 heteroatoms. The summed E-state index contributed by atoms with van der Waals surface area (Å²) in [5, 5.41) is 3.47. The fourth-order valence-corrected chi connectivity index (χ4v) is 1.73. The summed E-state index contributed by atoms with van der Waals surface area (Å²) in [6, 6.07) is 14.0. The van der Waals surface area contributed by atoms with Crippen LogP contribution >= 0.6 is 23.2 Å². The fourth-order valence-electron chi connectivity index (χ4n) is 1.43. The van der Waals surface area contributed by atoms with Crippen LogP contribution in [0, 0.1) is 0 Å². The van der Waals surface area contributed by atoms with E-state index in [1.54, 1.807) is 30.3 Å². The zero-order chi connectivity index (χ0) is 14.4. The number of para-hydroxylation sites is 1. The first-order valence-electron chi connectivity index (χ1n) is 5.79. The fraction of sp³-hybridized carbons (Fsp3) is 0. The summed E-state index contributed by atoms with van der Waals surface area (Å²) in [5.41, 5.74) is 0.564. The SMILES string of the molecule is O=C(C=COc1ccccc1)Nc1ccc(Cl)c(Cl)c1. The van der Waals surface area contributed by atoms with Crippen LogP contribution < -0.4 is 10.1 Å². The number of carbonyl (C=O) groups excluding carboxylic acids is 1. The van der Waals surface area contributed by atoms with Crippen molar-refractivity contribution >= 4 is 34.8 Å². The number of halogens is 2. The largest absolute Gasteiger partial charge is 0.465 e. The van der Waals surface area contributed by atoms with Crippen LogP contribution in [0.4, 0.5) is 5.69 Å². The lowest BCUT2D eigenvalue weighted by molar-refractivity contribution is -0.112. The molecule has 2 aromatic rings. The molecule has 0 atom stereocenters. The van der Waals surface area contributed by atoms with Crippen molar-refractivity contribution in [2.45, 2.75) is 0 Å². The van der Waals surface area contributed by atoms with Crippen LogP contribution in [0.25, 0.3) is 0 Å². The Bertz CT molecular complexity index is 627. The van der Waals surface area contributed by atoms with E-state index in [1.807, 2.05) is 18.2 Å². The van der Waals surface area contributed by atoms with Crippen LogP contribution in [-0.2, 0) is 4.79 Å². The first-order chi connectivity index (χ1) is 9.65. The highest BCUT2D eigenvalue weighted by molar-refractivity contribution is 6.42. The highest BCUT2D eigenvalue weighted by Gasteiger charge is 2.01. The molecule has 2 aromatic carbocycles. The van der Waals surface area contributed by atoms with E-state index in [1.165, 1.54) is 12.3 Å². The number of nitrogens with one attached hydrogen (secondary N) is 1. The summed E-state index contributed by atoms with van der Waals surface area (Å²) in [7, 11) is 0. The predicted octanol–water partition coefficient (Wildman–Crippen LogP) is 4.52. The van der Waals surface area contributed by atoms with E-state index >= 15 is 0 Å². The van der Waals surface area contributed by atoms with Crippen LogP contribution in [0.5, 0.6) is 5.75 Å².